The third kappa shape index (κ3) is 4.04. The Morgan fingerprint density at radius 2 is 1.52 bits per heavy atom. The van der Waals surface area contributed by atoms with Crippen molar-refractivity contribution in [3.63, 3.8) is 0 Å². The Labute approximate surface area is 181 Å². The largest absolute Gasteiger partial charge is 0.295 e. The first-order valence-electron chi connectivity index (χ1n) is 10.1. The van der Waals surface area contributed by atoms with E-state index in [9.17, 15) is 22.8 Å². The Bertz CT molecular complexity index is 1110. The topological polar surface area (TPSA) is 95.1 Å². The highest BCUT2D eigenvalue weighted by Gasteiger charge is 2.44. The molecule has 0 aromatic heterocycles. The quantitative estimate of drug-likeness (QED) is 0.516. The number of imide groups is 1. The summed E-state index contributed by atoms with van der Waals surface area (Å²) in [6.45, 7) is 2.69. The minimum Gasteiger partial charge on any atom is -0.295 e. The van der Waals surface area contributed by atoms with Gasteiger partial charge in [0, 0.05) is 31.7 Å². The summed E-state index contributed by atoms with van der Waals surface area (Å²) in [4.78, 5) is 40.3. The molecule has 2 aromatic rings. The standard InChI is InChI=1S/C22H23N3O5S/c1-16(26)17-7-9-18(10-8-17)25-21(27)15-20(22(25)28)23-11-13-24(14-12-23)31(29,30)19-5-3-2-4-6-19/h2-10,20H,11-15H2,1H3/t20-/m0/s1. The molecule has 31 heavy (non-hydrogen) atoms. The molecule has 2 aliphatic rings. The highest BCUT2D eigenvalue weighted by Crippen LogP contribution is 2.27. The summed E-state index contributed by atoms with van der Waals surface area (Å²) in [6.07, 6.45) is 0.0543. The molecule has 0 N–H and O–H groups in total. The van der Waals surface area contributed by atoms with Gasteiger partial charge in [0.1, 0.15) is 0 Å². The van der Waals surface area contributed by atoms with E-state index in [4.69, 9.17) is 0 Å². The average molecular weight is 442 g/mol. The van der Waals surface area contributed by atoms with Crippen LogP contribution < -0.4 is 4.90 Å². The summed E-state index contributed by atoms with van der Waals surface area (Å²) in [7, 11) is -3.58. The van der Waals surface area contributed by atoms with Gasteiger partial charge in [0.05, 0.1) is 23.0 Å². The van der Waals surface area contributed by atoms with Crippen molar-refractivity contribution in [1.29, 1.82) is 0 Å². The fraction of sp³-hybridized carbons (Fsp3) is 0.318. The molecule has 9 heteroatoms. The van der Waals surface area contributed by atoms with Crippen LogP contribution in [0.5, 0.6) is 0 Å². The maximum absolute atomic E-state index is 13.0. The number of anilines is 1. The molecule has 8 nitrogen and oxygen atoms in total. The summed E-state index contributed by atoms with van der Waals surface area (Å²) < 4.78 is 27.0. The molecule has 2 aliphatic heterocycles. The zero-order valence-electron chi connectivity index (χ0n) is 17.1. The van der Waals surface area contributed by atoms with Crippen LogP contribution in [0.25, 0.3) is 0 Å². The molecule has 2 saturated heterocycles. The van der Waals surface area contributed by atoms with E-state index in [1.54, 1.807) is 54.6 Å². The molecular weight excluding hydrogens is 418 g/mol. The number of piperazine rings is 1. The van der Waals surface area contributed by atoms with Gasteiger partial charge in [-0.3, -0.25) is 19.3 Å². The Kier molecular flexibility index (Phi) is 5.74. The summed E-state index contributed by atoms with van der Waals surface area (Å²) in [5.41, 5.74) is 0.947. The van der Waals surface area contributed by atoms with Gasteiger partial charge in [-0.15, -0.1) is 0 Å². The molecule has 1 atom stereocenters. The predicted molar refractivity (Wildman–Crippen MR) is 114 cm³/mol. The van der Waals surface area contributed by atoms with Gasteiger partial charge >= 0.3 is 0 Å². The normalized spacial score (nSPS) is 20.9. The summed E-state index contributed by atoms with van der Waals surface area (Å²) in [6, 6.07) is 14.0. The van der Waals surface area contributed by atoms with Gasteiger partial charge in [-0.1, -0.05) is 18.2 Å². The maximum atomic E-state index is 13.0. The van der Waals surface area contributed by atoms with Gasteiger partial charge in [0.2, 0.25) is 15.9 Å². The van der Waals surface area contributed by atoms with Crippen molar-refractivity contribution < 1.29 is 22.8 Å². The Hall–Kier alpha value is -2.88. The SMILES string of the molecule is CC(=O)c1ccc(N2C(=O)C[C@H](N3CCN(S(=O)(=O)c4ccccc4)CC3)C2=O)cc1. The number of rotatable bonds is 5. The van der Waals surface area contributed by atoms with Crippen molar-refractivity contribution in [3.05, 3.63) is 60.2 Å². The lowest BCUT2D eigenvalue weighted by Crippen LogP contribution is -2.53. The highest BCUT2D eigenvalue weighted by atomic mass is 32.2. The number of ketones is 1. The molecule has 2 heterocycles. The van der Waals surface area contributed by atoms with Crippen LogP contribution in [0.3, 0.4) is 0 Å². The van der Waals surface area contributed by atoms with Crippen molar-refractivity contribution in [3.8, 4) is 0 Å². The highest BCUT2D eigenvalue weighted by molar-refractivity contribution is 7.89. The van der Waals surface area contributed by atoms with Crippen molar-refractivity contribution in [2.45, 2.75) is 24.3 Å². The van der Waals surface area contributed by atoms with Gasteiger partial charge in [-0.05, 0) is 43.3 Å². The smallest absolute Gasteiger partial charge is 0.251 e. The van der Waals surface area contributed by atoms with Gasteiger partial charge in [0.15, 0.2) is 5.78 Å². The number of carbonyl (C=O) groups excluding carboxylic acids is 3. The van der Waals surface area contributed by atoms with Crippen LogP contribution in [-0.2, 0) is 19.6 Å². The van der Waals surface area contributed by atoms with E-state index < -0.39 is 16.1 Å². The second-order valence-corrected chi connectivity index (χ2v) is 9.58. The van der Waals surface area contributed by atoms with Crippen LogP contribution in [0.15, 0.2) is 59.5 Å². The predicted octanol–water partition coefficient (Wildman–Crippen LogP) is 1.53. The van der Waals surface area contributed by atoms with Crippen molar-refractivity contribution >= 4 is 33.3 Å². The Morgan fingerprint density at radius 3 is 2.10 bits per heavy atom. The molecule has 162 valence electrons. The van der Waals surface area contributed by atoms with Gasteiger partial charge < -0.3 is 0 Å². The fourth-order valence-electron chi connectivity index (χ4n) is 4.01. The lowest BCUT2D eigenvalue weighted by atomic mass is 10.1. The number of benzene rings is 2. The van der Waals surface area contributed by atoms with Crippen LogP contribution in [-0.4, -0.2) is 67.4 Å². The number of hydrogen-bond donors (Lipinski definition) is 0. The molecule has 2 aromatic carbocycles. The molecule has 0 saturated carbocycles. The Morgan fingerprint density at radius 1 is 0.903 bits per heavy atom. The lowest BCUT2D eigenvalue weighted by Gasteiger charge is -2.36. The van der Waals surface area contributed by atoms with Gasteiger partial charge in [-0.25, -0.2) is 13.3 Å². The van der Waals surface area contributed by atoms with Crippen molar-refractivity contribution in [2.75, 3.05) is 31.1 Å². The van der Waals surface area contributed by atoms with E-state index in [-0.39, 0.29) is 42.0 Å². The zero-order chi connectivity index (χ0) is 22.2. The second-order valence-electron chi connectivity index (χ2n) is 7.64. The Balaban J connectivity index is 1.44. The fourth-order valence-corrected chi connectivity index (χ4v) is 5.46. The number of carbonyl (C=O) groups is 3. The van der Waals surface area contributed by atoms with E-state index >= 15 is 0 Å². The van der Waals surface area contributed by atoms with E-state index in [1.165, 1.54) is 11.2 Å². The van der Waals surface area contributed by atoms with E-state index in [0.717, 1.165) is 4.90 Å². The first-order chi connectivity index (χ1) is 14.8. The minimum atomic E-state index is -3.58. The van der Waals surface area contributed by atoms with Crippen LogP contribution in [0.4, 0.5) is 5.69 Å². The summed E-state index contributed by atoms with van der Waals surface area (Å²) >= 11 is 0. The number of nitrogens with zero attached hydrogens (tertiary/aromatic N) is 3. The van der Waals surface area contributed by atoms with E-state index in [2.05, 4.69) is 0 Å². The summed E-state index contributed by atoms with van der Waals surface area (Å²) in [5, 5.41) is 0. The molecule has 0 unspecified atom stereocenters. The third-order valence-electron chi connectivity index (χ3n) is 5.75. The number of hydrogen-bond acceptors (Lipinski definition) is 6. The molecule has 0 radical (unpaired) electrons. The maximum Gasteiger partial charge on any atom is 0.251 e. The van der Waals surface area contributed by atoms with Crippen molar-refractivity contribution in [1.82, 2.24) is 9.21 Å². The second kappa shape index (κ2) is 8.33. The average Bonchev–Trinajstić information content (AvgIpc) is 3.08. The van der Waals surface area contributed by atoms with E-state index in [0.29, 0.717) is 24.3 Å². The molecule has 0 aliphatic carbocycles. The first-order valence-corrected chi connectivity index (χ1v) is 11.5. The van der Waals surface area contributed by atoms with Crippen LogP contribution in [0, 0.1) is 0 Å². The number of sulfonamides is 1. The molecule has 2 fully saturated rings. The van der Waals surface area contributed by atoms with Gasteiger partial charge in [0.25, 0.3) is 5.91 Å². The first kappa shape index (κ1) is 21.4. The third-order valence-corrected chi connectivity index (χ3v) is 7.66. The summed E-state index contributed by atoms with van der Waals surface area (Å²) in [5.74, 6) is -0.711. The molecule has 0 bridgehead atoms. The molecular formula is C22H23N3O5S. The van der Waals surface area contributed by atoms with Crippen molar-refractivity contribution in [2.24, 2.45) is 0 Å². The molecule has 0 spiro atoms. The van der Waals surface area contributed by atoms with Gasteiger partial charge in [-0.2, -0.15) is 4.31 Å². The van der Waals surface area contributed by atoms with Crippen LogP contribution in [0.1, 0.15) is 23.7 Å². The zero-order valence-corrected chi connectivity index (χ0v) is 17.9. The molecule has 4 rings (SSSR count). The van der Waals surface area contributed by atoms with Crippen LogP contribution >= 0.6 is 0 Å². The van der Waals surface area contributed by atoms with Crippen LogP contribution in [0.2, 0.25) is 0 Å². The number of Topliss-reactive ketones (excluding diaryl/α,β-unsaturated/α-hetero) is 1. The molecule has 2 amide bonds. The number of amides is 2. The monoisotopic (exact) mass is 441 g/mol. The lowest BCUT2D eigenvalue weighted by molar-refractivity contribution is -0.123. The van der Waals surface area contributed by atoms with E-state index in [1.807, 2.05) is 4.90 Å². The minimum absolute atomic E-state index is 0.0543.